The van der Waals surface area contributed by atoms with Crippen molar-refractivity contribution in [1.82, 2.24) is 10.6 Å². The van der Waals surface area contributed by atoms with E-state index >= 15 is 0 Å². The molecule has 22 heavy (non-hydrogen) atoms. The average Bonchev–Trinajstić information content (AvgIpc) is 2.53. The van der Waals surface area contributed by atoms with E-state index in [1.165, 1.54) is 0 Å². The summed E-state index contributed by atoms with van der Waals surface area (Å²) in [5.41, 5.74) is 0.658. The first-order valence-electron chi connectivity index (χ1n) is 7.85. The third-order valence-corrected chi connectivity index (χ3v) is 4.84. The molecule has 1 saturated heterocycles. The molecule has 1 aromatic rings. The van der Waals surface area contributed by atoms with Crippen LogP contribution in [0.25, 0.3) is 0 Å². The summed E-state index contributed by atoms with van der Waals surface area (Å²) in [5, 5.41) is 25.1. The van der Waals surface area contributed by atoms with E-state index in [2.05, 4.69) is 16.7 Å². The van der Waals surface area contributed by atoms with E-state index in [4.69, 9.17) is 0 Å². The van der Waals surface area contributed by atoms with Crippen LogP contribution in [0, 0.1) is 11.3 Å². The predicted octanol–water partition coefficient (Wildman–Crippen LogP) is 1.03. The number of amides is 1. The molecule has 0 unspecified atom stereocenters. The van der Waals surface area contributed by atoms with E-state index in [0.717, 1.165) is 36.8 Å². The van der Waals surface area contributed by atoms with Gasteiger partial charge in [0.15, 0.2) is 5.60 Å². The number of benzene rings is 1. The fourth-order valence-electron chi connectivity index (χ4n) is 3.35. The number of carbonyl (C=O) groups is 1. The van der Waals surface area contributed by atoms with Crippen molar-refractivity contribution < 1.29 is 9.90 Å². The Morgan fingerprint density at radius 3 is 2.55 bits per heavy atom. The average molecular weight is 299 g/mol. The summed E-state index contributed by atoms with van der Waals surface area (Å²) >= 11 is 0. The molecule has 5 nitrogen and oxygen atoms in total. The lowest BCUT2D eigenvalue weighted by atomic mass is 9.80. The van der Waals surface area contributed by atoms with E-state index in [1.54, 1.807) is 0 Å². The van der Waals surface area contributed by atoms with Crippen LogP contribution in [-0.4, -0.2) is 35.7 Å². The smallest absolute Gasteiger partial charge is 0.254 e. The van der Waals surface area contributed by atoms with Crippen LogP contribution in [0.3, 0.4) is 0 Å². The normalized spacial score (nSPS) is 26.5. The van der Waals surface area contributed by atoms with E-state index < -0.39 is 5.60 Å². The van der Waals surface area contributed by atoms with Gasteiger partial charge in [-0.05, 0) is 43.2 Å². The molecular formula is C17H21N3O2. The molecule has 0 spiro atoms. The highest BCUT2D eigenvalue weighted by Crippen LogP contribution is 2.34. The molecule has 2 fully saturated rings. The van der Waals surface area contributed by atoms with Gasteiger partial charge in [-0.15, -0.1) is 0 Å². The number of rotatable bonds is 3. The minimum absolute atomic E-state index is 0.127. The number of β-amino-alcohol motifs (C(OH)–C–C–N with tert-alkyl or cyclic N) is 1. The van der Waals surface area contributed by atoms with Crippen LogP contribution in [0.4, 0.5) is 0 Å². The third-order valence-electron chi connectivity index (χ3n) is 4.84. The summed E-state index contributed by atoms with van der Waals surface area (Å²) in [6.07, 6.45) is 3.69. The zero-order chi connectivity index (χ0) is 15.6. The first-order valence-corrected chi connectivity index (χ1v) is 7.85. The lowest BCUT2D eigenvalue weighted by Crippen LogP contribution is -2.68. The molecule has 1 aliphatic carbocycles. The van der Waals surface area contributed by atoms with Crippen LogP contribution in [0.1, 0.15) is 42.7 Å². The Bertz CT molecular complexity index is 596. The van der Waals surface area contributed by atoms with Crippen LogP contribution < -0.4 is 10.6 Å². The number of aliphatic hydroxyl groups is 1. The van der Waals surface area contributed by atoms with Gasteiger partial charge in [-0.2, -0.15) is 5.26 Å². The molecule has 5 heteroatoms. The number of hydrogen-bond donors (Lipinski definition) is 3. The van der Waals surface area contributed by atoms with Gasteiger partial charge in [0.2, 0.25) is 0 Å². The summed E-state index contributed by atoms with van der Waals surface area (Å²) in [5.74, 6) is 0.129. The zero-order valence-electron chi connectivity index (χ0n) is 12.5. The molecule has 1 saturated carbocycles. The molecule has 0 radical (unpaired) electrons. The Morgan fingerprint density at radius 1 is 1.27 bits per heavy atom. The second kappa shape index (κ2) is 6.07. The predicted molar refractivity (Wildman–Crippen MR) is 82.1 cm³/mol. The Morgan fingerprint density at radius 2 is 1.95 bits per heavy atom. The largest absolute Gasteiger partial charge is 0.377 e. The van der Waals surface area contributed by atoms with Crippen molar-refractivity contribution in [2.75, 3.05) is 13.1 Å². The van der Waals surface area contributed by atoms with Gasteiger partial charge in [0.1, 0.15) is 0 Å². The highest BCUT2D eigenvalue weighted by Gasteiger charge is 2.43. The standard InChI is InChI=1S/C17H21N3O2/c18-9-13-3-1-2-4-15(13)12-5-7-14(8-6-12)20-16(21)17(22)10-19-11-17/h1-4,12,14,19,22H,5-8,10-11H2,(H,20,21). The van der Waals surface area contributed by atoms with Gasteiger partial charge >= 0.3 is 0 Å². The first kappa shape index (κ1) is 15.0. The summed E-state index contributed by atoms with van der Waals surface area (Å²) < 4.78 is 0. The van der Waals surface area contributed by atoms with Crippen molar-refractivity contribution in [3.8, 4) is 6.07 Å². The van der Waals surface area contributed by atoms with Crippen LogP contribution in [0.5, 0.6) is 0 Å². The van der Waals surface area contributed by atoms with Crippen LogP contribution in [-0.2, 0) is 4.79 Å². The molecule has 116 valence electrons. The number of nitriles is 1. The molecule has 1 heterocycles. The Labute approximate surface area is 130 Å². The number of nitrogens with one attached hydrogen (secondary N) is 2. The molecule has 1 aromatic carbocycles. The number of carbonyl (C=O) groups excluding carboxylic acids is 1. The lowest BCUT2D eigenvalue weighted by molar-refractivity contribution is -0.145. The van der Waals surface area contributed by atoms with Crippen LogP contribution in [0.2, 0.25) is 0 Å². The monoisotopic (exact) mass is 299 g/mol. The molecule has 1 aliphatic heterocycles. The van der Waals surface area contributed by atoms with E-state index in [1.807, 2.05) is 24.3 Å². The Balaban J connectivity index is 1.56. The van der Waals surface area contributed by atoms with Gasteiger partial charge in [0, 0.05) is 19.1 Å². The van der Waals surface area contributed by atoms with Crippen molar-refractivity contribution in [1.29, 1.82) is 5.26 Å². The van der Waals surface area contributed by atoms with E-state index in [0.29, 0.717) is 19.0 Å². The SMILES string of the molecule is N#Cc1ccccc1C1CCC(NC(=O)C2(O)CNC2)CC1. The maximum atomic E-state index is 12.0. The minimum Gasteiger partial charge on any atom is -0.377 e. The number of nitrogens with zero attached hydrogens (tertiary/aromatic N) is 1. The molecule has 0 bridgehead atoms. The highest BCUT2D eigenvalue weighted by molar-refractivity contribution is 5.86. The van der Waals surface area contributed by atoms with Crippen molar-refractivity contribution in [3.63, 3.8) is 0 Å². The highest BCUT2D eigenvalue weighted by atomic mass is 16.3. The van der Waals surface area contributed by atoms with Crippen molar-refractivity contribution in [2.24, 2.45) is 0 Å². The fraction of sp³-hybridized carbons (Fsp3) is 0.529. The van der Waals surface area contributed by atoms with Gasteiger partial charge in [-0.3, -0.25) is 4.79 Å². The van der Waals surface area contributed by atoms with Gasteiger partial charge in [-0.25, -0.2) is 0 Å². The minimum atomic E-state index is -1.22. The van der Waals surface area contributed by atoms with Crippen molar-refractivity contribution in [2.45, 2.75) is 43.2 Å². The van der Waals surface area contributed by atoms with Crippen LogP contribution >= 0.6 is 0 Å². The van der Waals surface area contributed by atoms with Crippen molar-refractivity contribution in [3.05, 3.63) is 35.4 Å². The zero-order valence-corrected chi connectivity index (χ0v) is 12.5. The molecule has 3 N–H and O–H groups in total. The molecule has 1 amide bonds. The van der Waals surface area contributed by atoms with E-state index in [-0.39, 0.29) is 11.9 Å². The Kier molecular flexibility index (Phi) is 4.14. The Hall–Kier alpha value is -1.90. The lowest BCUT2D eigenvalue weighted by Gasteiger charge is -2.38. The molecular weight excluding hydrogens is 278 g/mol. The first-order chi connectivity index (χ1) is 10.6. The number of hydrogen-bond acceptors (Lipinski definition) is 4. The summed E-state index contributed by atoms with van der Waals surface area (Å²) in [4.78, 5) is 12.0. The molecule has 3 rings (SSSR count). The van der Waals surface area contributed by atoms with Gasteiger partial charge in [0.25, 0.3) is 5.91 Å². The summed E-state index contributed by atoms with van der Waals surface area (Å²) in [6, 6.07) is 10.2. The summed E-state index contributed by atoms with van der Waals surface area (Å²) in [7, 11) is 0. The maximum absolute atomic E-state index is 12.0. The maximum Gasteiger partial charge on any atom is 0.254 e. The quantitative estimate of drug-likeness (QED) is 0.778. The van der Waals surface area contributed by atoms with Gasteiger partial charge < -0.3 is 15.7 Å². The molecule has 0 atom stereocenters. The van der Waals surface area contributed by atoms with Gasteiger partial charge in [-0.1, -0.05) is 18.2 Å². The van der Waals surface area contributed by atoms with E-state index in [9.17, 15) is 15.2 Å². The summed E-state index contributed by atoms with van der Waals surface area (Å²) in [6.45, 7) is 0.674. The topological polar surface area (TPSA) is 85.2 Å². The molecule has 0 aromatic heterocycles. The second-order valence-electron chi connectivity index (χ2n) is 6.36. The molecule has 2 aliphatic rings. The van der Waals surface area contributed by atoms with Crippen molar-refractivity contribution >= 4 is 5.91 Å². The second-order valence-corrected chi connectivity index (χ2v) is 6.36. The van der Waals surface area contributed by atoms with Crippen LogP contribution in [0.15, 0.2) is 24.3 Å². The third kappa shape index (κ3) is 2.85. The van der Waals surface area contributed by atoms with Gasteiger partial charge in [0.05, 0.1) is 11.6 Å². The fourth-order valence-corrected chi connectivity index (χ4v) is 3.35.